The first-order valence-electron chi connectivity index (χ1n) is 11.5. The van der Waals surface area contributed by atoms with Crippen molar-refractivity contribution in [2.75, 3.05) is 13.2 Å². The number of carbonyl (C=O) groups excluding carboxylic acids is 2. The number of aliphatic imine (C=N–C) groups is 1. The molecule has 1 atom stereocenters. The summed E-state index contributed by atoms with van der Waals surface area (Å²) >= 11 is 12.3. The molecule has 0 aliphatic rings. The number of amides is 2. The van der Waals surface area contributed by atoms with E-state index < -0.39 is 11.9 Å². The molecule has 0 aliphatic carbocycles. The number of ether oxygens (including phenoxy) is 1. The fourth-order valence-electron chi connectivity index (χ4n) is 3.45. The average molecular weight is 584 g/mol. The molecular weight excluding hydrogens is 555 g/mol. The number of halogens is 3. The van der Waals surface area contributed by atoms with Crippen molar-refractivity contribution in [1.29, 1.82) is 0 Å². The number of nitrogens with two attached hydrogens (primary N) is 3. The Morgan fingerprint density at radius 1 is 1.13 bits per heavy atom. The average Bonchev–Trinajstić information content (AvgIpc) is 3.30. The Morgan fingerprint density at radius 3 is 2.58 bits per heavy atom. The summed E-state index contributed by atoms with van der Waals surface area (Å²) in [5.41, 5.74) is 18.3. The molecular formula is C24H29Cl3N8O3. The lowest BCUT2D eigenvalue weighted by molar-refractivity contribution is -0.660. The van der Waals surface area contributed by atoms with Gasteiger partial charge in [0.15, 0.2) is 5.96 Å². The minimum atomic E-state index is -0.800. The van der Waals surface area contributed by atoms with Gasteiger partial charge in [0.05, 0.1) is 22.7 Å². The number of nitrogens with zero attached hydrogens (tertiary/aromatic N) is 3. The maximum atomic E-state index is 12.4. The van der Waals surface area contributed by atoms with Crippen LogP contribution in [0.4, 0.5) is 0 Å². The van der Waals surface area contributed by atoms with E-state index in [1.54, 1.807) is 35.3 Å². The van der Waals surface area contributed by atoms with Crippen LogP contribution in [-0.4, -0.2) is 47.1 Å². The van der Waals surface area contributed by atoms with Gasteiger partial charge in [0.2, 0.25) is 17.5 Å². The Hall–Kier alpha value is -3.54. The number of guanidine groups is 1. The third kappa shape index (κ3) is 9.09. The molecule has 0 radical (unpaired) electrons. The highest BCUT2D eigenvalue weighted by molar-refractivity contribution is 6.42. The quantitative estimate of drug-likeness (QED) is 0.0733. The molecule has 2 amide bonds. The second-order valence-corrected chi connectivity index (χ2v) is 8.92. The SMILES string of the molecule is NC(=O)C(CCCN=C(N)N)NC(=O)CCCOc1cc(-c2cccnc2)[nH][n+]1-c1ccc(Cl)c(Cl)c1.[Cl-]. The van der Waals surface area contributed by atoms with Crippen LogP contribution in [-0.2, 0) is 9.59 Å². The largest absolute Gasteiger partial charge is 1.00 e. The first-order valence-corrected chi connectivity index (χ1v) is 12.3. The van der Waals surface area contributed by atoms with Crippen LogP contribution >= 0.6 is 23.2 Å². The van der Waals surface area contributed by atoms with Gasteiger partial charge in [-0.3, -0.25) is 19.6 Å². The molecule has 0 fully saturated rings. The summed E-state index contributed by atoms with van der Waals surface area (Å²) in [6.07, 6.45) is 4.79. The van der Waals surface area contributed by atoms with Crippen LogP contribution in [0.2, 0.25) is 10.0 Å². The zero-order chi connectivity index (χ0) is 26.8. The predicted octanol–water partition coefficient (Wildman–Crippen LogP) is -1.15. The maximum absolute atomic E-state index is 12.4. The number of rotatable bonds is 13. The molecule has 0 spiro atoms. The third-order valence-corrected chi connectivity index (χ3v) is 6.02. The molecule has 0 bridgehead atoms. The summed E-state index contributed by atoms with van der Waals surface area (Å²) in [5, 5.41) is 6.76. The Kier molecular flexibility index (Phi) is 12.1. The van der Waals surface area contributed by atoms with Gasteiger partial charge in [-0.15, -0.1) is 0 Å². The lowest BCUT2D eigenvalue weighted by Crippen LogP contribution is -3.00. The molecule has 1 unspecified atom stereocenters. The van der Waals surface area contributed by atoms with Gasteiger partial charge in [0, 0.05) is 43.1 Å². The normalized spacial score (nSPS) is 11.2. The van der Waals surface area contributed by atoms with E-state index in [-0.39, 0.29) is 37.3 Å². The van der Waals surface area contributed by atoms with Gasteiger partial charge >= 0.3 is 5.88 Å². The number of primary amides is 1. The summed E-state index contributed by atoms with van der Waals surface area (Å²) in [4.78, 5) is 32.1. The maximum Gasteiger partial charge on any atom is 0.399 e. The van der Waals surface area contributed by atoms with Gasteiger partial charge in [0.25, 0.3) is 0 Å². The Morgan fingerprint density at radius 2 is 1.92 bits per heavy atom. The van der Waals surface area contributed by atoms with E-state index in [0.29, 0.717) is 47.4 Å². The van der Waals surface area contributed by atoms with Gasteiger partial charge in [-0.1, -0.05) is 23.2 Å². The zero-order valence-electron chi connectivity index (χ0n) is 20.4. The zero-order valence-corrected chi connectivity index (χ0v) is 22.6. The van der Waals surface area contributed by atoms with E-state index in [2.05, 4.69) is 20.4 Å². The Labute approximate surface area is 236 Å². The number of hydrogen-bond acceptors (Lipinski definition) is 5. The minimum absolute atomic E-state index is 0. The molecule has 2 aromatic heterocycles. The van der Waals surface area contributed by atoms with Crippen molar-refractivity contribution >= 4 is 41.0 Å². The molecule has 3 rings (SSSR count). The molecule has 14 heteroatoms. The van der Waals surface area contributed by atoms with Crippen LogP contribution in [0.5, 0.6) is 5.88 Å². The molecule has 204 valence electrons. The summed E-state index contributed by atoms with van der Waals surface area (Å²) in [7, 11) is 0. The first-order chi connectivity index (χ1) is 17.7. The van der Waals surface area contributed by atoms with Crippen molar-refractivity contribution in [2.24, 2.45) is 22.2 Å². The van der Waals surface area contributed by atoms with E-state index in [4.69, 9.17) is 45.1 Å². The summed E-state index contributed by atoms with van der Waals surface area (Å²) in [6, 6.07) is 9.99. The third-order valence-electron chi connectivity index (χ3n) is 5.28. The van der Waals surface area contributed by atoms with Crippen molar-refractivity contribution in [1.82, 2.24) is 15.4 Å². The summed E-state index contributed by atoms with van der Waals surface area (Å²) in [5.74, 6) is -0.452. The lowest BCUT2D eigenvalue weighted by atomic mass is 10.1. The molecule has 0 saturated carbocycles. The van der Waals surface area contributed by atoms with Gasteiger partial charge in [0.1, 0.15) is 11.7 Å². The second-order valence-electron chi connectivity index (χ2n) is 8.11. The number of hydrogen-bond donors (Lipinski definition) is 5. The highest BCUT2D eigenvalue weighted by atomic mass is 35.5. The van der Waals surface area contributed by atoms with Gasteiger partial charge in [-0.05, 0) is 42.1 Å². The van der Waals surface area contributed by atoms with Crippen molar-refractivity contribution < 1.29 is 31.4 Å². The van der Waals surface area contributed by atoms with Crippen LogP contribution in [0.3, 0.4) is 0 Å². The number of benzene rings is 1. The summed E-state index contributed by atoms with van der Waals surface area (Å²) in [6.45, 7) is 0.581. The van der Waals surface area contributed by atoms with Crippen molar-refractivity contribution in [3.63, 3.8) is 0 Å². The van der Waals surface area contributed by atoms with Gasteiger partial charge in [-0.25, -0.2) is 0 Å². The number of H-pyrrole nitrogens is 1. The summed E-state index contributed by atoms with van der Waals surface area (Å²) < 4.78 is 7.72. The molecule has 3 aromatic rings. The Bertz CT molecular complexity index is 1250. The standard InChI is InChI=1S/C24H28Cl2N8O3.ClH/c25-17-8-7-16(12-18(17)26)34-22(13-20(33-34)15-4-1-9-30-14-15)37-11-3-6-21(35)32-19(23(27)36)5-2-10-31-24(28)29;/h1,4,7-9,12-14,19H,2-3,5-6,10-11H2,(H7,27,28,29,31,32,35,36);1H. The van der Waals surface area contributed by atoms with Crippen LogP contribution in [0.25, 0.3) is 16.9 Å². The molecule has 0 aliphatic heterocycles. The van der Waals surface area contributed by atoms with E-state index in [1.165, 1.54) is 0 Å². The van der Waals surface area contributed by atoms with Crippen molar-refractivity contribution in [3.05, 3.63) is 58.8 Å². The van der Waals surface area contributed by atoms with E-state index >= 15 is 0 Å². The number of nitrogens with one attached hydrogen (secondary N) is 2. The Balaban J connectivity index is 0.00000507. The fourth-order valence-corrected chi connectivity index (χ4v) is 3.75. The molecule has 0 saturated heterocycles. The fraction of sp³-hybridized carbons (Fsp3) is 0.292. The van der Waals surface area contributed by atoms with E-state index in [1.807, 2.05) is 18.2 Å². The highest BCUT2D eigenvalue weighted by Gasteiger charge is 2.23. The van der Waals surface area contributed by atoms with Gasteiger partial charge in [-0.2, -0.15) is 5.10 Å². The predicted molar refractivity (Wildman–Crippen MR) is 141 cm³/mol. The molecule has 8 N–H and O–H groups in total. The number of aromatic amines is 1. The number of aromatic nitrogens is 3. The van der Waals surface area contributed by atoms with Crippen molar-refractivity contribution in [2.45, 2.75) is 31.7 Å². The molecule has 1 aromatic carbocycles. The van der Waals surface area contributed by atoms with Crippen molar-refractivity contribution in [3.8, 4) is 22.8 Å². The van der Waals surface area contributed by atoms with E-state index in [0.717, 1.165) is 11.3 Å². The van der Waals surface area contributed by atoms with E-state index in [9.17, 15) is 9.59 Å². The smallest absolute Gasteiger partial charge is 0.399 e. The topological polar surface area (TPSA) is 178 Å². The number of carbonyl (C=O) groups is 2. The molecule has 2 heterocycles. The van der Waals surface area contributed by atoms with Crippen LogP contribution < -0.4 is 44.3 Å². The van der Waals surface area contributed by atoms with Crippen LogP contribution in [0.15, 0.2) is 53.8 Å². The van der Waals surface area contributed by atoms with Crippen LogP contribution in [0.1, 0.15) is 25.7 Å². The lowest BCUT2D eigenvalue weighted by Gasteiger charge is -2.14. The highest BCUT2D eigenvalue weighted by Crippen LogP contribution is 2.25. The monoisotopic (exact) mass is 582 g/mol. The molecule has 38 heavy (non-hydrogen) atoms. The number of pyridine rings is 1. The minimum Gasteiger partial charge on any atom is -1.00 e. The first kappa shape index (κ1) is 30.7. The second kappa shape index (κ2) is 15.0. The van der Waals surface area contributed by atoms with Crippen LogP contribution in [0, 0.1) is 0 Å². The van der Waals surface area contributed by atoms with Gasteiger partial charge < -0.3 is 39.7 Å². The molecule has 11 nitrogen and oxygen atoms in total.